The molecule has 1 aliphatic carbocycles. The van der Waals surface area contributed by atoms with Crippen LogP contribution in [0.4, 0.5) is 9.18 Å². The number of carbonyl (C=O) groups excluding carboxylic acids is 1. The van der Waals surface area contributed by atoms with Gasteiger partial charge in [-0.1, -0.05) is 36.4 Å². The van der Waals surface area contributed by atoms with Crippen molar-refractivity contribution in [3.05, 3.63) is 71.0 Å². The predicted molar refractivity (Wildman–Crippen MR) is 97.1 cm³/mol. The van der Waals surface area contributed by atoms with Crippen LogP contribution in [0.1, 0.15) is 35.6 Å². The van der Waals surface area contributed by atoms with E-state index in [2.05, 4.69) is 6.07 Å². The average Bonchev–Trinajstić information content (AvgIpc) is 2.64. The molecule has 0 aromatic heterocycles. The number of nitrogens with two attached hydrogens (primary N) is 1. The summed E-state index contributed by atoms with van der Waals surface area (Å²) >= 11 is 0. The van der Waals surface area contributed by atoms with E-state index in [1.807, 2.05) is 18.2 Å². The van der Waals surface area contributed by atoms with Gasteiger partial charge in [0.25, 0.3) is 0 Å². The van der Waals surface area contributed by atoms with Crippen molar-refractivity contribution in [3.63, 3.8) is 0 Å². The zero-order chi connectivity index (χ0) is 18.1. The maximum atomic E-state index is 13.4. The Morgan fingerprint density at radius 3 is 2.62 bits per heavy atom. The summed E-state index contributed by atoms with van der Waals surface area (Å²) in [4.78, 5) is 14.6. The predicted octanol–water partition coefficient (Wildman–Crippen LogP) is 3.65. The summed E-state index contributed by atoms with van der Waals surface area (Å²) < 4.78 is 19.1. The number of nitrogens with zero attached hydrogens (tertiary/aromatic N) is 1. The average molecular weight is 354 g/mol. The van der Waals surface area contributed by atoms with Crippen LogP contribution in [0.3, 0.4) is 0 Å². The van der Waals surface area contributed by atoms with Crippen LogP contribution in [-0.4, -0.2) is 30.2 Å². The van der Waals surface area contributed by atoms with Crippen LogP contribution in [0.5, 0.6) is 0 Å². The van der Waals surface area contributed by atoms with E-state index in [4.69, 9.17) is 10.5 Å². The highest BCUT2D eigenvalue weighted by atomic mass is 19.1. The normalized spacial score (nSPS) is 24.5. The van der Waals surface area contributed by atoms with Gasteiger partial charge in [-0.3, -0.25) is 4.90 Å². The summed E-state index contributed by atoms with van der Waals surface area (Å²) in [5.74, 6) is 0.178. The van der Waals surface area contributed by atoms with Gasteiger partial charge in [-0.15, -0.1) is 0 Å². The maximum Gasteiger partial charge on any atom is 0.410 e. The third-order valence-electron chi connectivity index (χ3n) is 5.50. The molecule has 0 unspecified atom stereocenters. The van der Waals surface area contributed by atoms with Crippen molar-refractivity contribution in [1.82, 2.24) is 4.90 Å². The molecule has 2 aliphatic rings. The zero-order valence-electron chi connectivity index (χ0n) is 14.6. The van der Waals surface area contributed by atoms with E-state index >= 15 is 0 Å². The molecule has 1 aliphatic heterocycles. The first-order valence-electron chi connectivity index (χ1n) is 9.16. The number of hydrogen-bond acceptors (Lipinski definition) is 3. The van der Waals surface area contributed by atoms with Crippen LogP contribution in [0.2, 0.25) is 0 Å². The van der Waals surface area contributed by atoms with E-state index in [1.165, 1.54) is 17.7 Å². The molecule has 0 spiro atoms. The Balaban J connectivity index is 1.60. The Labute approximate surface area is 152 Å². The summed E-state index contributed by atoms with van der Waals surface area (Å²) in [6.07, 6.45) is 2.14. The number of hydrogen-bond donors (Lipinski definition) is 1. The van der Waals surface area contributed by atoms with Gasteiger partial charge in [0.15, 0.2) is 0 Å². The molecule has 1 amide bonds. The van der Waals surface area contributed by atoms with E-state index in [9.17, 15) is 9.18 Å². The van der Waals surface area contributed by atoms with E-state index in [1.54, 1.807) is 17.0 Å². The van der Waals surface area contributed by atoms with Crippen molar-refractivity contribution in [2.75, 3.05) is 13.1 Å². The second kappa shape index (κ2) is 7.08. The molecule has 26 heavy (non-hydrogen) atoms. The Bertz CT molecular complexity index is 787. The summed E-state index contributed by atoms with van der Waals surface area (Å²) in [6.45, 7) is 1.23. The van der Waals surface area contributed by atoms with Crippen LogP contribution in [0.25, 0.3) is 0 Å². The second-order valence-corrected chi connectivity index (χ2v) is 7.18. The Morgan fingerprint density at radius 1 is 1.15 bits per heavy atom. The van der Waals surface area contributed by atoms with E-state index in [0.29, 0.717) is 19.0 Å². The fourth-order valence-corrected chi connectivity index (χ4v) is 3.94. The quantitative estimate of drug-likeness (QED) is 0.915. The number of fused-ring (bicyclic) bond motifs is 1. The van der Waals surface area contributed by atoms with Gasteiger partial charge in [0.1, 0.15) is 11.9 Å². The van der Waals surface area contributed by atoms with Crippen molar-refractivity contribution >= 4 is 6.09 Å². The fourth-order valence-electron chi connectivity index (χ4n) is 3.94. The standard InChI is InChI=1S/C21H23FN2O2/c22-17-7-5-16(6-8-17)20-19-4-2-1-3-15(19)9-10-24(20)21(25)26-18-11-14(12-18)13-23/h1-8,14,18,20H,9-13,23H2/t14?,18?,20-/m0/s1. The van der Waals surface area contributed by atoms with Crippen molar-refractivity contribution in [3.8, 4) is 0 Å². The first-order valence-corrected chi connectivity index (χ1v) is 9.16. The number of benzene rings is 2. The number of halogens is 1. The molecule has 0 radical (unpaired) electrons. The lowest BCUT2D eigenvalue weighted by molar-refractivity contribution is -0.00428. The molecule has 0 bridgehead atoms. The van der Waals surface area contributed by atoms with Crippen LogP contribution < -0.4 is 5.73 Å². The minimum atomic E-state index is -0.297. The molecule has 1 heterocycles. The van der Waals surface area contributed by atoms with E-state index < -0.39 is 0 Å². The molecule has 136 valence electrons. The minimum absolute atomic E-state index is 0.0397. The first-order chi connectivity index (χ1) is 12.7. The molecule has 2 N–H and O–H groups in total. The molecule has 4 nitrogen and oxygen atoms in total. The molecule has 4 rings (SSSR count). The van der Waals surface area contributed by atoms with Crippen molar-refractivity contribution < 1.29 is 13.9 Å². The first kappa shape index (κ1) is 17.0. The third-order valence-corrected chi connectivity index (χ3v) is 5.50. The molecule has 1 saturated carbocycles. The molecule has 2 aromatic carbocycles. The van der Waals surface area contributed by atoms with Gasteiger partial charge in [0, 0.05) is 6.54 Å². The number of rotatable bonds is 3. The smallest absolute Gasteiger partial charge is 0.410 e. The third kappa shape index (κ3) is 3.19. The van der Waals surface area contributed by atoms with Crippen molar-refractivity contribution in [1.29, 1.82) is 0 Å². The lowest BCUT2D eigenvalue weighted by Crippen LogP contribution is -2.45. The lowest BCUT2D eigenvalue weighted by Gasteiger charge is -2.40. The van der Waals surface area contributed by atoms with Gasteiger partial charge in [-0.05, 0) is 60.5 Å². The SMILES string of the molecule is NCC1CC(OC(=O)N2CCc3ccccc3[C@@H]2c2ccc(F)cc2)C1. The van der Waals surface area contributed by atoms with Gasteiger partial charge in [-0.25, -0.2) is 9.18 Å². The lowest BCUT2D eigenvalue weighted by atomic mass is 9.82. The van der Waals surface area contributed by atoms with Gasteiger partial charge < -0.3 is 10.5 Å². The number of carbonyl (C=O) groups is 1. The summed E-state index contributed by atoms with van der Waals surface area (Å²) in [7, 11) is 0. The van der Waals surface area contributed by atoms with Crippen molar-refractivity contribution in [2.45, 2.75) is 31.4 Å². The molecule has 1 atom stereocenters. The summed E-state index contributed by atoms with van der Waals surface area (Å²) in [6, 6.07) is 14.2. The molecule has 2 aromatic rings. The topological polar surface area (TPSA) is 55.6 Å². The van der Waals surface area contributed by atoms with E-state index in [-0.39, 0.29) is 24.1 Å². The minimum Gasteiger partial charge on any atom is -0.446 e. The highest BCUT2D eigenvalue weighted by molar-refractivity contribution is 5.70. The van der Waals surface area contributed by atoms with Gasteiger partial charge in [0.05, 0.1) is 6.04 Å². The van der Waals surface area contributed by atoms with Crippen LogP contribution >= 0.6 is 0 Å². The number of ether oxygens (including phenoxy) is 1. The van der Waals surface area contributed by atoms with E-state index in [0.717, 1.165) is 30.4 Å². The molecule has 0 saturated heterocycles. The Kier molecular flexibility index (Phi) is 4.64. The van der Waals surface area contributed by atoms with Crippen LogP contribution in [0.15, 0.2) is 48.5 Å². The number of amides is 1. The van der Waals surface area contributed by atoms with Gasteiger partial charge in [-0.2, -0.15) is 0 Å². The van der Waals surface area contributed by atoms with Crippen LogP contribution in [0, 0.1) is 11.7 Å². The van der Waals surface area contributed by atoms with Gasteiger partial charge in [0.2, 0.25) is 0 Å². The molecule has 5 heteroatoms. The Hall–Kier alpha value is -2.40. The largest absolute Gasteiger partial charge is 0.446 e. The highest BCUT2D eigenvalue weighted by Crippen LogP contribution is 2.37. The van der Waals surface area contributed by atoms with Crippen LogP contribution in [-0.2, 0) is 11.2 Å². The molecular weight excluding hydrogens is 331 g/mol. The molecular formula is C21H23FN2O2. The molecule has 1 fully saturated rings. The van der Waals surface area contributed by atoms with Gasteiger partial charge >= 0.3 is 6.09 Å². The summed E-state index contributed by atoms with van der Waals surface area (Å²) in [5, 5.41) is 0. The van der Waals surface area contributed by atoms with Crippen molar-refractivity contribution in [2.24, 2.45) is 11.7 Å². The fraction of sp³-hybridized carbons (Fsp3) is 0.381. The summed E-state index contributed by atoms with van der Waals surface area (Å²) in [5.41, 5.74) is 8.84. The highest BCUT2D eigenvalue weighted by Gasteiger charge is 2.37. The zero-order valence-corrected chi connectivity index (χ0v) is 14.6. The maximum absolute atomic E-state index is 13.4. The second-order valence-electron chi connectivity index (χ2n) is 7.18. The Morgan fingerprint density at radius 2 is 1.88 bits per heavy atom. The monoisotopic (exact) mass is 354 g/mol.